The van der Waals surface area contributed by atoms with Gasteiger partial charge in [0.2, 0.25) is 11.8 Å². The summed E-state index contributed by atoms with van der Waals surface area (Å²) < 4.78 is 0. The molecule has 6 nitrogen and oxygen atoms in total. The van der Waals surface area contributed by atoms with Gasteiger partial charge in [-0.1, -0.05) is 6.07 Å². The standard InChI is InChI=1S/C18H24N4O2/c23-16(21-9-3-4-10-21)18(6-7-18)17(24)22-13-11-20(12-14-22)15-5-1-2-8-19-15/h1-2,5,8H,3-4,6-7,9-14H2. The maximum atomic E-state index is 13.0. The van der Waals surface area contributed by atoms with E-state index in [0.717, 1.165) is 57.7 Å². The quantitative estimate of drug-likeness (QED) is 0.781. The third-order valence-electron chi connectivity index (χ3n) is 5.50. The van der Waals surface area contributed by atoms with Crippen LogP contribution in [-0.2, 0) is 9.59 Å². The van der Waals surface area contributed by atoms with Gasteiger partial charge in [-0.15, -0.1) is 0 Å². The van der Waals surface area contributed by atoms with Crippen molar-refractivity contribution in [2.45, 2.75) is 25.7 Å². The van der Waals surface area contributed by atoms with Crippen LogP contribution in [0.25, 0.3) is 0 Å². The number of rotatable bonds is 3. The molecule has 4 rings (SSSR count). The minimum Gasteiger partial charge on any atom is -0.353 e. The molecule has 3 aliphatic rings. The first-order chi connectivity index (χ1) is 11.7. The van der Waals surface area contributed by atoms with Gasteiger partial charge in [0, 0.05) is 45.5 Å². The van der Waals surface area contributed by atoms with Crippen LogP contribution in [-0.4, -0.2) is 65.9 Å². The summed E-state index contributed by atoms with van der Waals surface area (Å²) in [5.74, 6) is 1.09. The van der Waals surface area contributed by atoms with Crippen molar-refractivity contribution in [1.29, 1.82) is 0 Å². The predicted molar refractivity (Wildman–Crippen MR) is 90.5 cm³/mol. The summed E-state index contributed by atoms with van der Waals surface area (Å²) in [7, 11) is 0. The summed E-state index contributed by atoms with van der Waals surface area (Å²) >= 11 is 0. The van der Waals surface area contributed by atoms with Crippen LogP contribution in [0.5, 0.6) is 0 Å². The smallest absolute Gasteiger partial charge is 0.238 e. The number of hydrogen-bond acceptors (Lipinski definition) is 4. The lowest BCUT2D eigenvalue weighted by Crippen LogP contribution is -2.53. The van der Waals surface area contributed by atoms with E-state index in [-0.39, 0.29) is 11.8 Å². The lowest BCUT2D eigenvalue weighted by molar-refractivity contribution is -0.149. The molecular formula is C18H24N4O2. The number of carbonyl (C=O) groups excluding carboxylic acids is 2. The molecule has 128 valence electrons. The monoisotopic (exact) mass is 328 g/mol. The summed E-state index contributed by atoms with van der Waals surface area (Å²) in [5.41, 5.74) is -0.725. The van der Waals surface area contributed by atoms with Gasteiger partial charge in [-0.25, -0.2) is 4.98 Å². The zero-order chi connectivity index (χ0) is 16.6. The zero-order valence-corrected chi connectivity index (χ0v) is 14.0. The highest BCUT2D eigenvalue weighted by Crippen LogP contribution is 2.49. The molecule has 1 aromatic rings. The molecule has 2 amide bonds. The molecule has 3 fully saturated rings. The minimum absolute atomic E-state index is 0.0556. The average Bonchev–Trinajstić information content (AvgIpc) is 3.27. The average molecular weight is 328 g/mol. The van der Waals surface area contributed by atoms with E-state index >= 15 is 0 Å². The lowest BCUT2D eigenvalue weighted by atomic mass is 10.0. The Hall–Kier alpha value is -2.11. The van der Waals surface area contributed by atoms with Crippen molar-refractivity contribution in [3.8, 4) is 0 Å². The van der Waals surface area contributed by atoms with Crippen molar-refractivity contribution in [2.75, 3.05) is 44.2 Å². The zero-order valence-electron chi connectivity index (χ0n) is 14.0. The Labute approximate surface area is 142 Å². The fourth-order valence-corrected chi connectivity index (χ4v) is 3.85. The Morgan fingerprint density at radius 1 is 0.875 bits per heavy atom. The summed E-state index contributed by atoms with van der Waals surface area (Å²) in [6.45, 7) is 4.53. The molecule has 0 radical (unpaired) electrons. The fourth-order valence-electron chi connectivity index (χ4n) is 3.85. The third-order valence-corrected chi connectivity index (χ3v) is 5.50. The number of hydrogen-bond donors (Lipinski definition) is 0. The first kappa shape index (κ1) is 15.4. The highest BCUT2D eigenvalue weighted by molar-refractivity contribution is 6.08. The molecule has 0 spiro atoms. The molecule has 0 unspecified atom stereocenters. The van der Waals surface area contributed by atoms with Gasteiger partial charge in [0.1, 0.15) is 11.2 Å². The lowest BCUT2D eigenvalue weighted by Gasteiger charge is -2.37. The molecular weight excluding hydrogens is 304 g/mol. The highest BCUT2D eigenvalue weighted by atomic mass is 16.2. The maximum Gasteiger partial charge on any atom is 0.238 e. The van der Waals surface area contributed by atoms with E-state index in [1.807, 2.05) is 28.0 Å². The largest absolute Gasteiger partial charge is 0.353 e. The van der Waals surface area contributed by atoms with Gasteiger partial charge in [-0.2, -0.15) is 0 Å². The highest BCUT2D eigenvalue weighted by Gasteiger charge is 2.59. The van der Waals surface area contributed by atoms with Crippen molar-refractivity contribution in [2.24, 2.45) is 5.41 Å². The Bertz CT molecular complexity index is 615. The molecule has 2 aliphatic heterocycles. The van der Waals surface area contributed by atoms with Crippen molar-refractivity contribution in [1.82, 2.24) is 14.8 Å². The van der Waals surface area contributed by atoms with Gasteiger partial charge in [0.25, 0.3) is 0 Å². The number of likely N-dealkylation sites (tertiary alicyclic amines) is 1. The van der Waals surface area contributed by atoms with E-state index in [1.165, 1.54) is 0 Å². The predicted octanol–water partition coefficient (Wildman–Crippen LogP) is 1.13. The summed E-state index contributed by atoms with van der Waals surface area (Å²) in [4.78, 5) is 36.1. The Morgan fingerprint density at radius 3 is 2.04 bits per heavy atom. The second-order valence-corrected chi connectivity index (χ2v) is 7.05. The van der Waals surface area contributed by atoms with Gasteiger partial charge in [-0.05, 0) is 37.8 Å². The summed E-state index contributed by atoms with van der Waals surface area (Å²) in [5, 5.41) is 0. The van der Waals surface area contributed by atoms with Crippen molar-refractivity contribution < 1.29 is 9.59 Å². The number of nitrogens with zero attached hydrogens (tertiary/aromatic N) is 4. The molecule has 1 saturated carbocycles. The van der Waals surface area contributed by atoms with E-state index in [0.29, 0.717) is 13.1 Å². The van der Waals surface area contributed by atoms with Crippen molar-refractivity contribution in [3.63, 3.8) is 0 Å². The Balaban J connectivity index is 1.38. The molecule has 1 aromatic heterocycles. The van der Waals surface area contributed by atoms with Crippen LogP contribution in [0.2, 0.25) is 0 Å². The van der Waals surface area contributed by atoms with E-state index < -0.39 is 5.41 Å². The fraction of sp³-hybridized carbons (Fsp3) is 0.611. The van der Waals surface area contributed by atoms with E-state index in [2.05, 4.69) is 9.88 Å². The first-order valence-electron chi connectivity index (χ1n) is 8.95. The molecule has 24 heavy (non-hydrogen) atoms. The van der Waals surface area contributed by atoms with Crippen LogP contribution >= 0.6 is 0 Å². The molecule has 1 aliphatic carbocycles. The van der Waals surface area contributed by atoms with Crippen LogP contribution in [0.3, 0.4) is 0 Å². The molecule has 0 bridgehead atoms. The molecule has 6 heteroatoms. The third kappa shape index (κ3) is 2.64. The van der Waals surface area contributed by atoms with Crippen LogP contribution < -0.4 is 4.90 Å². The van der Waals surface area contributed by atoms with Gasteiger partial charge >= 0.3 is 0 Å². The maximum absolute atomic E-state index is 13.0. The van der Waals surface area contributed by atoms with Gasteiger partial charge in [-0.3, -0.25) is 9.59 Å². The normalized spacial score (nSPS) is 22.6. The van der Waals surface area contributed by atoms with Gasteiger partial charge in [0.05, 0.1) is 0 Å². The number of anilines is 1. The number of aromatic nitrogens is 1. The molecule has 0 N–H and O–H groups in total. The SMILES string of the molecule is O=C(N1CCCC1)C1(C(=O)N2CCN(c3ccccn3)CC2)CC1. The molecule has 3 heterocycles. The second kappa shape index (κ2) is 6.07. The van der Waals surface area contributed by atoms with Crippen molar-refractivity contribution in [3.05, 3.63) is 24.4 Å². The van der Waals surface area contributed by atoms with Crippen LogP contribution in [0.1, 0.15) is 25.7 Å². The molecule has 0 atom stereocenters. The molecule has 2 saturated heterocycles. The van der Waals surface area contributed by atoms with Gasteiger partial charge < -0.3 is 14.7 Å². The summed E-state index contributed by atoms with van der Waals surface area (Å²) in [6, 6.07) is 5.88. The second-order valence-electron chi connectivity index (χ2n) is 7.05. The van der Waals surface area contributed by atoms with Crippen LogP contribution in [0.4, 0.5) is 5.82 Å². The topological polar surface area (TPSA) is 56.8 Å². The van der Waals surface area contributed by atoms with Crippen molar-refractivity contribution >= 4 is 17.6 Å². The first-order valence-corrected chi connectivity index (χ1v) is 8.95. The van der Waals surface area contributed by atoms with Crippen LogP contribution in [0.15, 0.2) is 24.4 Å². The Kier molecular flexibility index (Phi) is 3.90. The van der Waals surface area contributed by atoms with Crippen LogP contribution in [0, 0.1) is 5.41 Å². The summed E-state index contributed by atoms with van der Waals surface area (Å²) in [6.07, 6.45) is 5.38. The number of carbonyl (C=O) groups is 2. The number of amides is 2. The number of piperazine rings is 1. The van der Waals surface area contributed by atoms with E-state index in [1.54, 1.807) is 6.20 Å². The molecule has 0 aromatic carbocycles. The minimum atomic E-state index is -0.725. The van der Waals surface area contributed by atoms with E-state index in [9.17, 15) is 9.59 Å². The Morgan fingerprint density at radius 2 is 1.50 bits per heavy atom. The van der Waals surface area contributed by atoms with E-state index in [4.69, 9.17) is 0 Å². The van der Waals surface area contributed by atoms with Gasteiger partial charge in [0.15, 0.2) is 0 Å². The number of pyridine rings is 1.